The Kier molecular flexibility index (Phi) is 3.97. The maximum atomic E-state index is 5.74. The summed E-state index contributed by atoms with van der Waals surface area (Å²) in [7, 11) is 1.65. The van der Waals surface area contributed by atoms with Gasteiger partial charge in [-0.05, 0) is 19.1 Å². The largest absolute Gasteiger partial charge is 0.496 e. The summed E-state index contributed by atoms with van der Waals surface area (Å²) >= 11 is 0. The van der Waals surface area contributed by atoms with Gasteiger partial charge >= 0.3 is 0 Å². The molecule has 2 N–H and O–H groups in total. The highest BCUT2D eigenvalue weighted by atomic mass is 16.5. The fraction of sp³-hybridized carbons (Fsp3) is 0.286. The number of hydrogen-bond acceptors (Lipinski definition) is 4. The van der Waals surface area contributed by atoms with Gasteiger partial charge in [-0.1, -0.05) is 29.5 Å². The minimum atomic E-state index is 0.337. The molecule has 0 saturated carbocycles. The molecule has 0 aliphatic carbocycles. The highest BCUT2D eigenvalue weighted by molar-refractivity contribution is 5.69. The van der Waals surface area contributed by atoms with E-state index in [0.29, 0.717) is 13.1 Å². The summed E-state index contributed by atoms with van der Waals surface area (Å²) in [4.78, 5) is 0. The third-order valence-corrected chi connectivity index (χ3v) is 2.78. The van der Waals surface area contributed by atoms with Crippen molar-refractivity contribution in [3.8, 4) is 17.0 Å². The maximum Gasteiger partial charge on any atom is 0.128 e. The van der Waals surface area contributed by atoms with E-state index in [1.54, 1.807) is 7.11 Å². The number of benzene rings is 1. The van der Waals surface area contributed by atoms with Crippen LogP contribution in [-0.4, -0.2) is 22.1 Å². The molecule has 1 aromatic carbocycles. The molecule has 100 valence electrons. The van der Waals surface area contributed by atoms with Crippen molar-refractivity contribution >= 4 is 0 Å². The van der Waals surface area contributed by atoms with E-state index in [1.807, 2.05) is 35.9 Å². The summed E-state index contributed by atoms with van der Waals surface area (Å²) in [6.07, 6.45) is 0. The number of ether oxygens (including phenoxy) is 1. The van der Waals surface area contributed by atoms with E-state index in [2.05, 4.69) is 16.9 Å². The normalized spacial score (nSPS) is 10.5. The molecule has 0 unspecified atom stereocenters. The smallest absolute Gasteiger partial charge is 0.128 e. The Hall–Kier alpha value is -2.14. The summed E-state index contributed by atoms with van der Waals surface area (Å²) in [5.41, 5.74) is 9.34. The zero-order valence-electron chi connectivity index (χ0n) is 11.3. The molecule has 0 aliphatic rings. The van der Waals surface area contributed by atoms with Crippen molar-refractivity contribution in [3.05, 3.63) is 42.1 Å². The van der Waals surface area contributed by atoms with Crippen LogP contribution in [0.4, 0.5) is 0 Å². The van der Waals surface area contributed by atoms with Gasteiger partial charge in [0, 0.05) is 12.1 Å². The highest BCUT2D eigenvalue weighted by Gasteiger charge is 2.17. The zero-order chi connectivity index (χ0) is 13.8. The van der Waals surface area contributed by atoms with E-state index in [4.69, 9.17) is 10.5 Å². The number of nitrogens with two attached hydrogens (primary N) is 1. The number of nitrogens with zero attached hydrogens (tertiary/aromatic N) is 3. The molecule has 0 atom stereocenters. The molecule has 1 heterocycles. The molecule has 2 rings (SSSR count). The van der Waals surface area contributed by atoms with E-state index < -0.39 is 0 Å². The fourth-order valence-electron chi connectivity index (χ4n) is 1.99. The van der Waals surface area contributed by atoms with E-state index >= 15 is 0 Å². The van der Waals surface area contributed by atoms with E-state index in [-0.39, 0.29) is 0 Å². The molecule has 0 aliphatic heterocycles. The van der Waals surface area contributed by atoms with Gasteiger partial charge in [-0.15, -0.1) is 5.10 Å². The summed E-state index contributed by atoms with van der Waals surface area (Å²) in [6, 6.07) is 7.77. The molecule has 19 heavy (non-hydrogen) atoms. The number of rotatable bonds is 5. The monoisotopic (exact) mass is 258 g/mol. The first kappa shape index (κ1) is 13.3. The second kappa shape index (κ2) is 5.67. The summed E-state index contributed by atoms with van der Waals surface area (Å²) in [6.45, 7) is 6.81. The van der Waals surface area contributed by atoms with E-state index in [9.17, 15) is 0 Å². The first-order valence-corrected chi connectivity index (χ1v) is 6.07. The zero-order valence-corrected chi connectivity index (χ0v) is 11.3. The summed E-state index contributed by atoms with van der Waals surface area (Å²) < 4.78 is 7.20. The minimum absolute atomic E-state index is 0.337. The van der Waals surface area contributed by atoms with Gasteiger partial charge in [-0.3, -0.25) is 0 Å². The molecule has 5 nitrogen and oxygen atoms in total. The molecular weight excluding hydrogens is 240 g/mol. The highest BCUT2D eigenvalue weighted by Crippen LogP contribution is 2.31. The third-order valence-electron chi connectivity index (χ3n) is 2.78. The fourth-order valence-corrected chi connectivity index (χ4v) is 1.99. The molecule has 5 heteroatoms. The van der Waals surface area contributed by atoms with Crippen LogP contribution >= 0.6 is 0 Å². The van der Waals surface area contributed by atoms with Crippen LogP contribution < -0.4 is 10.5 Å². The van der Waals surface area contributed by atoms with Gasteiger partial charge in [0.15, 0.2) is 0 Å². The van der Waals surface area contributed by atoms with Crippen molar-refractivity contribution in [2.45, 2.75) is 20.0 Å². The maximum absolute atomic E-state index is 5.74. The van der Waals surface area contributed by atoms with Gasteiger partial charge in [-0.25, -0.2) is 4.68 Å². The van der Waals surface area contributed by atoms with Crippen LogP contribution in [0.15, 0.2) is 36.4 Å². The Labute approximate surface area is 112 Å². The van der Waals surface area contributed by atoms with Crippen LogP contribution in [0.1, 0.15) is 12.6 Å². The molecule has 0 spiro atoms. The lowest BCUT2D eigenvalue weighted by Crippen LogP contribution is -2.06. The van der Waals surface area contributed by atoms with Crippen LogP contribution in [-0.2, 0) is 13.1 Å². The predicted octanol–water partition coefficient (Wildman–Crippen LogP) is 1.99. The molecule has 0 amide bonds. The Morgan fingerprint density at radius 3 is 2.79 bits per heavy atom. The van der Waals surface area contributed by atoms with Crippen LogP contribution in [0, 0.1) is 0 Å². The average Bonchev–Trinajstić information content (AvgIpc) is 2.80. The Bertz CT molecular complexity index is 589. The number of hydrogen-bond donors (Lipinski definition) is 1. The second-order valence-corrected chi connectivity index (χ2v) is 4.40. The topological polar surface area (TPSA) is 66.0 Å². The van der Waals surface area contributed by atoms with Gasteiger partial charge in [0.25, 0.3) is 0 Å². The summed E-state index contributed by atoms with van der Waals surface area (Å²) in [5, 5.41) is 8.28. The molecule has 2 aromatic rings. The standard InChI is InChI=1S/C14H18N4O/c1-10(2)9-18-14(12(8-15)16-17-18)11-6-4-5-7-13(11)19-3/h4-7H,1,8-9,15H2,2-3H3. The van der Waals surface area contributed by atoms with Crippen molar-refractivity contribution < 1.29 is 4.74 Å². The molecule has 0 saturated heterocycles. The lowest BCUT2D eigenvalue weighted by molar-refractivity contribution is 0.416. The van der Waals surface area contributed by atoms with Crippen LogP contribution in [0.25, 0.3) is 11.3 Å². The van der Waals surface area contributed by atoms with E-state index in [0.717, 1.165) is 28.3 Å². The number of para-hydroxylation sites is 1. The lowest BCUT2D eigenvalue weighted by Gasteiger charge is -2.11. The first-order valence-electron chi connectivity index (χ1n) is 6.07. The predicted molar refractivity (Wildman–Crippen MR) is 74.7 cm³/mol. The van der Waals surface area contributed by atoms with Gasteiger partial charge in [0.05, 0.1) is 19.3 Å². The van der Waals surface area contributed by atoms with Gasteiger partial charge in [0.2, 0.25) is 0 Å². The van der Waals surface area contributed by atoms with Crippen molar-refractivity contribution in [1.29, 1.82) is 0 Å². The second-order valence-electron chi connectivity index (χ2n) is 4.40. The van der Waals surface area contributed by atoms with Crippen LogP contribution in [0.2, 0.25) is 0 Å². The number of allylic oxidation sites excluding steroid dienone is 1. The average molecular weight is 258 g/mol. The number of aromatic nitrogens is 3. The molecule has 0 radical (unpaired) electrons. The van der Waals surface area contributed by atoms with Gasteiger partial charge < -0.3 is 10.5 Å². The van der Waals surface area contributed by atoms with Gasteiger partial charge in [-0.2, -0.15) is 0 Å². The Morgan fingerprint density at radius 1 is 1.42 bits per heavy atom. The van der Waals surface area contributed by atoms with E-state index in [1.165, 1.54) is 0 Å². The van der Waals surface area contributed by atoms with Crippen LogP contribution in [0.3, 0.4) is 0 Å². The third kappa shape index (κ3) is 2.66. The molecule has 1 aromatic heterocycles. The first-order chi connectivity index (χ1) is 9.17. The van der Waals surface area contributed by atoms with Crippen molar-refractivity contribution in [2.75, 3.05) is 7.11 Å². The Balaban J connectivity index is 2.58. The number of methoxy groups -OCH3 is 1. The SMILES string of the molecule is C=C(C)Cn1nnc(CN)c1-c1ccccc1OC. The minimum Gasteiger partial charge on any atom is -0.496 e. The quantitative estimate of drug-likeness (QED) is 0.833. The molecular formula is C14H18N4O. The van der Waals surface area contributed by atoms with Crippen molar-refractivity contribution in [1.82, 2.24) is 15.0 Å². The van der Waals surface area contributed by atoms with Gasteiger partial charge in [0.1, 0.15) is 11.4 Å². The Morgan fingerprint density at radius 2 is 2.16 bits per heavy atom. The van der Waals surface area contributed by atoms with Crippen molar-refractivity contribution in [3.63, 3.8) is 0 Å². The van der Waals surface area contributed by atoms with Crippen molar-refractivity contribution in [2.24, 2.45) is 5.73 Å². The lowest BCUT2D eigenvalue weighted by atomic mass is 10.1. The molecule has 0 fully saturated rings. The van der Waals surface area contributed by atoms with Crippen LogP contribution in [0.5, 0.6) is 5.75 Å². The molecule has 0 bridgehead atoms. The summed E-state index contributed by atoms with van der Waals surface area (Å²) in [5.74, 6) is 0.780.